The maximum atomic E-state index is 10.7. The number of aromatic hydroxyl groups is 3. The monoisotopic (exact) mass is 174 g/mol. The molecule has 0 fully saturated rings. The minimum Gasteiger partial charge on any atom is -0.501 e. The Morgan fingerprint density at radius 1 is 1.25 bits per heavy atom. The molecule has 1 aromatic rings. The summed E-state index contributed by atoms with van der Waals surface area (Å²) in [5.41, 5.74) is -1.06. The Kier molecular flexibility index (Phi) is 1.82. The van der Waals surface area contributed by atoms with E-state index in [0.29, 0.717) is 0 Å². The molecule has 0 saturated heterocycles. The van der Waals surface area contributed by atoms with Crippen LogP contribution in [0.5, 0.6) is 23.2 Å². The van der Waals surface area contributed by atoms with Gasteiger partial charge in [0.2, 0.25) is 11.5 Å². The summed E-state index contributed by atoms with van der Waals surface area (Å²) in [7, 11) is 1.11. The standard InChI is InChI=1S/C6H6O6/c1-11-4-2(7)3(8)5(9)12-6(4)10/h7-9H,1H3. The van der Waals surface area contributed by atoms with Crippen LogP contribution in [0.2, 0.25) is 0 Å². The highest BCUT2D eigenvalue weighted by molar-refractivity contribution is 5.50. The second kappa shape index (κ2) is 2.65. The van der Waals surface area contributed by atoms with Gasteiger partial charge in [-0.15, -0.1) is 0 Å². The summed E-state index contributed by atoms with van der Waals surface area (Å²) in [5, 5.41) is 26.5. The highest BCUT2D eigenvalue weighted by Crippen LogP contribution is 2.38. The van der Waals surface area contributed by atoms with Gasteiger partial charge in [0.05, 0.1) is 7.11 Å². The van der Waals surface area contributed by atoms with Crippen molar-refractivity contribution >= 4 is 0 Å². The minimum atomic E-state index is -1.06. The van der Waals surface area contributed by atoms with Gasteiger partial charge in [0, 0.05) is 0 Å². The molecule has 12 heavy (non-hydrogen) atoms. The molecule has 0 aliphatic heterocycles. The van der Waals surface area contributed by atoms with Crippen molar-refractivity contribution in [3.05, 3.63) is 10.4 Å². The fourth-order valence-corrected chi connectivity index (χ4v) is 0.668. The van der Waals surface area contributed by atoms with Crippen molar-refractivity contribution in [3.63, 3.8) is 0 Å². The van der Waals surface area contributed by atoms with E-state index in [-0.39, 0.29) is 0 Å². The third-order valence-electron chi connectivity index (χ3n) is 1.22. The van der Waals surface area contributed by atoms with Crippen molar-refractivity contribution in [2.75, 3.05) is 7.11 Å². The molecular weight excluding hydrogens is 168 g/mol. The molecule has 0 aliphatic rings. The lowest BCUT2D eigenvalue weighted by Gasteiger charge is -2.02. The summed E-state index contributed by atoms with van der Waals surface area (Å²) in [6, 6.07) is 0. The van der Waals surface area contributed by atoms with Crippen molar-refractivity contribution in [1.29, 1.82) is 0 Å². The van der Waals surface area contributed by atoms with Gasteiger partial charge in [-0.1, -0.05) is 0 Å². The van der Waals surface area contributed by atoms with E-state index in [0.717, 1.165) is 7.11 Å². The van der Waals surface area contributed by atoms with Crippen LogP contribution in [-0.4, -0.2) is 22.4 Å². The molecule has 0 spiro atoms. The highest BCUT2D eigenvalue weighted by Gasteiger charge is 2.18. The van der Waals surface area contributed by atoms with E-state index >= 15 is 0 Å². The number of ether oxygens (including phenoxy) is 1. The first kappa shape index (κ1) is 8.25. The number of rotatable bonds is 1. The zero-order valence-electron chi connectivity index (χ0n) is 6.07. The van der Waals surface area contributed by atoms with Gasteiger partial charge in [-0.25, -0.2) is 4.79 Å². The SMILES string of the molecule is COc1c(O)c(O)c(O)oc1=O. The fourth-order valence-electron chi connectivity index (χ4n) is 0.668. The number of hydrogen-bond acceptors (Lipinski definition) is 6. The smallest absolute Gasteiger partial charge is 0.385 e. The van der Waals surface area contributed by atoms with E-state index < -0.39 is 28.8 Å². The van der Waals surface area contributed by atoms with Crippen LogP contribution in [0, 0.1) is 0 Å². The molecule has 6 heteroatoms. The molecule has 1 rings (SSSR count). The summed E-state index contributed by atoms with van der Waals surface area (Å²) >= 11 is 0. The fraction of sp³-hybridized carbons (Fsp3) is 0.167. The average molecular weight is 174 g/mol. The maximum Gasteiger partial charge on any atom is 0.385 e. The molecular formula is C6H6O6. The van der Waals surface area contributed by atoms with Crippen LogP contribution in [0.25, 0.3) is 0 Å². The number of hydrogen-bond donors (Lipinski definition) is 3. The Morgan fingerprint density at radius 2 is 1.83 bits per heavy atom. The Morgan fingerprint density at radius 3 is 2.33 bits per heavy atom. The van der Waals surface area contributed by atoms with Crippen molar-refractivity contribution in [2.45, 2.75) is 0 Å². The summed E-state index contributed by atoms with van der Waals surface area (Å²) < 4.78 is 8.46. The van der Waals surface area contributed by atoms with Crippen molar-refractivity contribution in [3.8, 4) is 23.2 Å². The van der Waals surface area contributed by atoms with E-state index in [2.05, 4.69) is 9.15 Å². The van der Waals surface area contributed by atoms with Gasteiger partial charge in [0.1, 0.15) is 0 Å². The predicted molar refractivity (Wildman–Crippen MR) is 36.5 cm³/mol. The number of methoxy groups -OCH3 is 1. The molecule has 0 bridgehead atoms. The summed E-state index contributed by atoms with van der Waals surface area (Å²) in [5.74, 6) is -3.36. The van der Waals surface area contributed by atoms with Gasteiger partial charge in [0.15, 0.2) is 0 Å². The normalized spacial score (nSPS) is 9.75. The van der Waals surface area contributed by atoms with E-state index in [1.165, 1.54) is 0 Å². The average Bonchev–Trinajstić information content (AvgIpc) is 2.01. The van der Waals surface area contributed by atoms with Gasteiger partial charge in [-0.05, 0) is 0 Å². The first-order valence-corrected chi connectivity index (χ1v) is 2.90. The molecule has 0 amide bonds. The van der Waals surface area contributed by atoms with Crippen LogP contribution in [0.3, 0.4) is 0 Å². The van der Waals surface area contributed by atoms with E-state index in [4.69, 9.17) is 15.3 Å². The van der Waals surface area contributed by atoms with Crippen LogP contribution in [0.15, 0.2) is 9.21 Å². The predicted octanol–water partition coefficient (Wildman–Crippen LogP) is -0.235. The molecule has 0 saturated carbocycles. The van der Waals surface area contributed by atoms with Gasteiger partial charge < -0.3 is 24.5 Å². The van der Waals surface area contributed by atoms with Crippen LogP contribution in [-0.2, 0) is 0 Å². The Balaban J connectivity index is 3.52. The third kappa shape index (κ3) is 1.03. The molecule has 0 unspecified atom stereocenters. The Bertz CT molecular complexity index is 352. The quantitative estimate of drug-likeness (QED) is 0.543. The van der Waals surface area contributed by atoms with Crippen LogP contribution >= 0.6 is 0 Å². The molecule has 1 aromatic heterocycles. The van der Waals surface area contributed by atoms with Gasteiger partial charge in [0.25, 0.3) is 5.75 Å². The van der Waals surface area contributed by atoms with E-state index in [1.807, 2.05) is 0 Å². The molecule has 3 N–H and O–H groups in total. The lowest BCUT2D eigenvalue weighted by molar-refractivity contribution is 0.248. The topological polar surface area (TPSA) is 100 Å². The maximum absolute atomic E-state index is 10.7. The highest BCUT2D eigenvalue weighted by atomic mass is 16.5. The molecule has 1 heterocycles. The van der Waals surface area contributed by atoms with Crippen molar-refractivity contribution < 1.29 is 24.5 Å². The van der Waals surface area contributed by atoms with E-state index in [1.54, 1.807) is 0 Å². The van der Waals surface area contributed by atoms with Crippen LogP contribution in [0.1, 0.15) is 0 Å². The first-order valence-electron chi connectivity index (χ1n) is 2.90. The van der Waals surface area contributed by atoms with Crippen molar-refractivity contribution in [1.82, 2.24) is 0 Å². The third-order valence-corrected chi connectivity index (χ3v) is 1.22. The molecule has 0 radical (unpaired) electrons. The van der Waals surface area contributed by atoms with Gasteiger partial charge >= 0.3 is 11.6 Å². The molecule has 0 aromatic carbocycles. The Labute approximate surface area is 66.3 Å². The van der Waals surface area contributed by atoms with Crippen LogP contribution < -0.4 is 10.4 Å². The summed E-state index contributed by atoms with van der Waals surface area (Å²) in [4.78, 5) is 10.7. The zero-order valence-corrected chi connectivity index (χ0v) is 6.07. The Hall–Kier alpha value is -1.85. The van der Waals surface area contributed by atoms with Crippen molar-refractivity contribution in [2.24, 2.45) is 0 Å². The molecule has 6 nitrogen and oxygen atoms in total. The van der Waals surface area contributed by atoms with Gasteiger partial charge in [-0.3, -0.25) is 0 Å². The minimum absolute atomic E-state index is 0.551. The second-order valence-electron chi connectivity index (χ2n) is 1.93. The lowest BCUT2D eigenvalue weighted by Crippen LogP contribution is -2.03. The lowest BCUT2D eigenvalue weighted by atomic mass is 10.4. The first-order chi connectivity index (χ1) is 5.57. The zero-order chi connectivity index (χ0) is 9.30. The molecule has 0 aliphatic carbocycles. The van der Waals surface area contributed by atoms with Gasteiger partial charge in [-0.2, -0.15) is 0 Å². The second-order valence-corrected chi connectivity index (χ2v) is 1.93. The van der Waals surface area contributed by atoms with Crippen LogP contribution in [0.4, 0.5) is 0 Å². The molecule has 66 valence electrons. The van der Waals surface area contributed by atoms with E-state index in [9.17, 15) is 4.79 Å². The molecule has 0 atom stereocenters. The largest absolute Gasteiger partial charge is 0.501 e. The summed E-state index contributed by atoms with van der Waals surface area (Å²) in [6.07, 6.45) is 0. The summed E-state index contributed by atoms with van der Waals surface area (Å²) in [6.45, 7) is 0.